The number of benzene rings is 1. The van der Waals surface area contributed by atoms with E-state index in [2.05, 4.69) is 10.1 Å². The average Bonchev–Trinajstić information content (AvgIpc) is 3.22. The van der Waals surface area contributed by atoms with E-state index in [1.165, 1.54) is 12.1 Å². The number of hydrogen-bond donors (Lipinski definition) is 1. The molecule has 120 valence electrons. The van der Waals surface area contributed by atoms with Crippen LogP contribution in [0.25, 0.3) is 11.1 Å². The zero-order valence-corrected chi connectivity index (χ0v) is 12.7. The number of halogens is 1. The minimum Gasteiger partial charge on any atom is -0.423 e. The molecule has 2 atom stereocenters. The SMILES string of the molecule is Cn1cc([C@@H]2CN(c3nc4cc(F)ccc4o3)C[C@H]2CO)cn1. The maximum absolute atomic E-state index is 13.3. The smallest absolute Gasteiger partial charge is 0.298 e. The highest BCUT2D eigenvalue weighted by Crippen LogP contribution is 2.35. The molecule has 1 saturated heterocycles. The first-order chi connectivity index (χ1) is 11.1. The van der Waals surface area contributed by atoms with Gasteiger partial charge in [0.25, 0.3) is 6.01 Å². The van der Waals surface area contributed by atoms with Gasteiger partial charge in [0.15, 0.2) is 5.58 Å². The van der Waals surface area contributed by atoms with Crippen molar-refractivity contribution in [1.82, 2.24) is 14.8 Å². The largest absolute Gasteiger partial charge is 0.423 e. The van der Waals surface area contributed by atoms with E-state index in [1.54, 1.807) is 10.7 Å². The van der Waals surface area contributed by atoms with Gasteiger partial charge in [-0.2, -0.15) is 10.1 Å². The summed E-state index contributed by atoms with van der Waals surface area (Å²) in [6.45, 7) is 1.42. The van der Waals surface area contributed by atoms with Gasteiger partial charge in [0.1, 0.15) is 11.3 Å². The Hall–Kier alpha value is -2.41. The number of oxazole rings is 1. The van der Waals surface area contributed by atoms with Crippen molar-refractivity contribution in [3.05, 3.63) is 42.0 Å². The summed E-state index contributed by atoms with van der Waals surface area (Å²) in [4.78, 5) is 6.37. The Morgan fingerprint density at radius 3 is 3.00 bits per heavy atom. The molecule has 0 radical (unpaired) electrons. The van der Waals surface area contributed by atoms with Crippen molar-refractivity contribution in [2.24, 2.45) is 13.0 Å². The molecule has 1 aromatic carbocycles. The number of aryl methyl sites for hydroxylation is 1. The van der Waals surface area contributed by atoms with E-state index < -0.39 is 0 Å². The van der Waals surface area contributed by atoms with Crippen LogP contribution in [0.15, 0.2) is 35.0 Å². The monoisotopic (exact) mass is 316 g/mol. The number of hydrogen-bond acceptors (Lipinski definition) is 5. The van der Waals surface area contributed by atoms with Crippen LogP contribution < -0.4 is 4.90 Å². The Morgan fingerprint density at radius 2 is 2.26 bits per heavy atom. The first-order valence-electron chi connectivity index (χ1n) is 7.54. The number of nitrogens with zero attached hydrogens (tertiary/aromatic N) is 4. The Morgan fingerprint density at radius 1 is 1.39 bits per heavy atom. The zero-order valence-electron chi connectivity index (χ0n) is 12.7. The summed E-state index contributed by atoms with van der Waals surface area (Å²) in [7, 11) is 1.87. The van der Waals surface area contributed by atoms with E-state index in [0.717, 1.165) is 5.56 Å². The lowest BCUT2D eigenvalue weighted by Gasteiger charge is -2.13. The molecule has 0 aliphatic carbocycles. The van der Waals surface area contributed by atoms with Gasteiger partial charge >= 0.3 is 0 Å². The molecule has 6 nitrogen and oxygen atoms in total. The molecule has 1 N–H and O–H groups in total. The van der Waals surface area contributed by atoms with Crippen LogP contribution in [0.2, 0.25) is 0 Å². The highest BCUT2D eigenvalue weighted by molar-refractivity contribution is 5.74. The molecule has 3 heterocycles. The van der Waals surface area contributed by atoms with Gasteiger partial charge in [-0.1, -0.05) is 0 Å². The summed E-state index contributed by atoms with van der Waals surface area (Å²) in [5.41, 5.74) is 2.16. The molecule has 0 bridgehead atoms. The predicted octanol–water partition coefficient (Wildman–Crippen LogP) is 1.91. The molecule has 23 heavy (non-hydrogen) atoms. The van der Waals surface area contributed by atoms with E-state index in [9.17, 15) is 9.50 Å². The van der Waals surface area contributed by atoms with Crippen LogP contribution in [0.4, 0.5) is 10.4 Å². The van der Waals surface area contributed by atoms with Crippen LogP contribution in [-0.2, 0) is 7.05 Å². The van der Waals surface area contributed by atoms with Gasteiger partial charge < -0.3 is 14.4 Å². The predicted molar refractivity (Wildman–Crippen MR) is 82.7 cm³/mol. The van der Waals surface area contributed by atoms with Gasteiger partial charge in [-0.05, 0) is 17.7 Å². The van der Waals surface area contributed by atoms with Crippen molar-refractivity contribution in [2.75, 3.05) is 24.6 Å². The number of aliphatic hydroxyl groups is 1. The zero-order chi connectivity index (χ0) is 16.0. The third-order valence-electron chi connectivity index (χ3n) is 4.44. The van der Waals surface area contributed by atoms with Crippen LogP contribution >= 0.6 is 0 Å². The Labute approximate surface area is 132 Å². The lowest BCUT2D eigenvalue weighted by atomic mass is 9.92. The molecule has 7 heteroatoms. The maximum atomic E-state index is 13.3. The van der Waals surface area contributed by atoms with Crippen LogP contribution in [0, 0.1) is 11.7 Å². The minimum absolute atomic E-state index is 0.0882. The summed E-state index contributed by atoms with van der Waals surface area (Å²) in [5, 5.41) is 13.9. The molecule has 2 aromatic heterocycles. The number of anilines is 1. The molecule has 1 fully saturated rings. The van der Waals surface area contributed by atoms with E-state index in [4.69, 9.17) is 4.42 Å². The second kappa shape index (κ2) is 5.34. The third kappa shape index (κ3) is 2.46. The van der Waals surface area contributed by atoms with Crippen LogP contribution in [0.5, 0.6) is 0 Å². The van der Waals surface area contributed by atoms with Crippen LogP contribution in [0.3, 0.4) is 0 Å². The summed E-state index contributed by atoms with van der Waals surface area (Å²) in [6.07, 6.45) is 3.80. The van der Waals surface area contributed by atoms with Crippen molar-refractivity contribution < 1.29 is 13.9 Å². The van der Waals surface area contributed by atoms with Gasteiger partial charge in [-0.15, -0.1) is 0 Å². The quantitative estimate of drug-likeness (QED) is 0.799. The van der Waals surface area contributed by atoms with E-state index in [-0.39, 0.29) is 24.3 Å². The summed E-state index contributed by atoms with van der Waals surface area (Å²) in [5.74, 6) is -0.0772. The lowest BCUT2D eigenvalue weighted by Crippen LogP contribution is -2.20. The Balaban J connectivity index is 1.64. The third-order valence-corrected chi connectivity index (χ3v) is 4.44. The van der Waals surface area contributed by atoms with Crippen LogP contribution in [0.1, 0.15) is 11.5 Å². The topological polar surface area (TPSA) is 67.3 Å². The van der Waals surface area contributed by atoms with E-state index in [1.807, 2.05) is 24.3 Å². The highest BCUT2D eigenvalue weighted by atomic mass is 19.1. The average molecular weight is 316 g/mol. The molecule has 0 spiro atoms. The Bertz CT molecular complexity index is 844. The minimum atomic E-state index is -0.333. The normalized spacial score (nSPS) is 21.4. The second-order valence-electron chi connectivity index (χ2n) is 6.01. The fourth-order valence-corrected chi connectivity index (χ4v) is 3.25. The number of aromatic nitrogens is 3. The fourth-order valence-electron chi connectivity index (χ4n) is 3.25. The molecule has 1 aliphatic rings. The van der Waals surface area contributed by atoms with Crippen molar-refractivity contribution in [3.8, 4) is 0 Å². The van der Waals surface area contributed by atoms with Crippen molar-refractivity contribution in [1.29, 1.82) is 0 Å². The molecule has 0 amide bonds. The van der Waals surface area contributed by atoms with Crippen molar-refractivity contribution >= 4 is 17.1 Å². The summed E-state index contributed by atoms with van der Waals surface area (Å²) in [6, 6.07) is 4.77. The Kier molecular flexibility index (Phi) is 3.30. The molecule has 0 saturated carbocycles. The van der Waals surface area contributed by atoms with E-state index >= 15 is 0 Å². The maximum Gasteiger partial charge on any atom is 0.298 e. The molecular weight excluding hydrogens is 299 g/mol. The molecule has 4 rings (SSSR count). The second-order valence-corrected chi connectivity index (χ2v) is 6.01. The summed E-state index contributed by atoms with van der Waals surface area (Å²) < 4.78 is 20.8. The number of rotatable bonds is 3. The van der Waals surface area contributed by atoms with Crippen molar-refractivity contribution in [3.63, 3.8) is 0 Å². The van der Waals surface area contributed by atoms with Crippen LogP contribution in [-0.4, -0.2) is 39.6 Å². The molecular formula is C16H17FN4O2. The van der Waals surface area contributed by atoms with Gasteiger partial charge in [0.05, 0.1) is 6.20 Å². The lowest BCUT2D eigenvalue weighted by molar-refractivity contribution is 0.227. The molecule has 1 aliphatic heterocycles. The van der Waals surface area contributed by atoms with Gasteiger partial charge in [-0.3, -0.25) is 4.68 Å². The van der Waals surface area contributed by atoms with E-state index in [0.29, 0.717) is 30.2 Å². The number of fused-ring (bicyclic) bond motifs is 1. The fraction of sp³-hybridized carbons (Fsp3) is 0.375. The van der Waals surface area contributed by atoms with Gasteiger partial charge in [0, 0.05) is 50.8 Å². The molecule has 3 aromatic rings. The molecule has 0 unspecified atom stereocenters. The highest BCUT2D eigenvalue weighted by Gasteiger charge is 2.36. The van der Waals surface area contributed by atoms with Gasteiger partial charge in [0.2, 0.25) is 0 Å². The standard InChI is InChI=1S/C16H17FN4O2/c1-20-6-10(5-18-20)13-8-21(7-11(13)9-22)16-19-14-4-12(17)2-3-15(14)23-16/h2-6,11,13,22H,7-9H2,1H3/t11-,13-/m0/s1. The summed E-state index contributed by atoms with van der Waals surface area (Å²) >= 11 is 0. The van der Waals surface area contributed by atoms with Gasteiger partial charge in [-0.25, -0.2) is 4.39 Å². The number of aliphatic hydroxyl groups excluding tert-OH is 1. The first-order valence-corrected chi connectivity index (χ1v) is 7.54. The van der Waals surface area contributed by atoms with Crippen molar-refractivity contribution in [2.45, 2.75) is 5.92 Å². The first kappa shape index (κ1) is 14.2.